The van der Waals surface area contributed by atoms with Gasteiger partial charge in [0.25, 0.3) is 0 Å². The molecular formula is C23H38N2O7S2Si. The van der Waals surface area contributed by atoms with E-state index in [1.165, 1.54) is 11.0 Å². The minimum Gasteiger partial charge on any atom is -0.444 e. The summed E-state index contributed by atoms with van der Waals surface area (Å²) in [6.45, 7) is 14.4. The average molecular weight is 547 g/mol. The topological polar surface area (TPSA) is 136 Å². The fraction of sp³-hybridized carbons (Fsp3) is 0.652. The van der Waals surface area contributed by atoms with Crippen molar-refractivity contribution in [2.75, 3.05) is 18.9 Å². The van der Waals surface area contributed by atoms with Gasteiger partial charge in [0, 0.05) is 10.6 Å². The van der Waals surface area contributed by atoms with Gasteiger partial charge in [-0.3, -0.25) is 9.69 Å². The molecule has 1 aliphatic rings. The Morgan fingerprint density at radius 2 is 1.80 bits per heavy atom. The summed E-state index contributed by atoms with van der Waals surface area (Å²) in [5.74, 6) is -0.399. The lowest BCUT2D eigenvalue weighted by Crippen LogP contribution is -2.56. The number of primary sulfonamides is 1. The number of rotatable bonds is 7. The Hall–Kier alpha value is -1.44. The number of benzene rings is 1. The standard InChI is InChI=1S/C23H38N2O7S2Si/c1-21(2,3)31-20(28)25-14-23(15-26,32-35(7,8)22(4,5)6)19(27)16(25)13-33-17-11-9-10-12-18(17)34(24,29)30/h9-12,16,26H,13-15H2,1-8H3,(H2,24,29,30)/t16-,23-/m1/s1. The molecule has 0 aliphatic carbocycles. The molecule has 1 saturated heterocycles. The van der Waals surface area contributed by atoms with E-state index < -0.39 is 54.1 Å². The van der Waals surface area contributed by atoms with Gasteiger partial charge in [0.1, 0.15) is 11.6 Å². The Kier molecular flexibility index (Phi) is 8.63. The number of likely N-dealkylation sites (tertiary alicyclic amines) is 1. The molecule has 0 unspecified atom stereocenters. The highest BCUT2D eigenvalue weighted by Gasteiger charge is 2.58. The van der Waals surface area contributed by atoms with Gasteiger partial charge >= 0.3 is 6.09 Å². The highest BCUT2D eigenvalue weighted by Crippen LogP contribution is 2.42. The van der Waals surface area contributed by atoms with E-state index in [2.05, 4.69) is 0 Å². The Bertz CT molecular complexity index is 1060. The van der Waals surface area contributed by atoms with E-state index in [0.29, 0.717) is 4.90 Å². The fourth-order valence-corrected chi connectivity index (χ4v) is 7.15. The molecule has 1 heterocycles. The van der Waals surface area contributed by atoms with Gasteiger partial charge in [-0.05, 0) is 51.0 Å². The summed E-state index contributed by atoms with van der Waals surface area (Å²) in [7, 11) is -6.51. The van der Waals surface area contributed by atoms with Crippen molar-refractivity contribution < 1.29 is 32.3 Å². The molecule has 1 aliphatic heterocycles. The number of hydrogen-bond donors (Lipinski definition) is 2. The number of carbonyl (C=O) groups excluding carboxylic acids is 2. The van der Waals surface area contributed by atoms with Crippen molar-refractivity contribution in [1.29, 1.82) is 0 Å². The van der Waals surface area contributed by atoms with E-state index in [4.69, 9.17) is 14.3 Å². The molecule has 0 spiro atoms. The molecule has 3 N–H and O–H groups in total. The van der Waals surface area contributed by atoms with Gasteiger partial charge in [-0.2, -0.15) is 0 Å². The molecule has 1 aromatic carbocycles. The highest BCUT2D eigenvalue weighted by molar-refractivity contribution is 8.00. The van der Waals surface area contributed by atoms with Crippen LogP contribution in [0.25, 0.3) is 0 Å². The summed E-state index contributed by atoms with van der Waals surface area (Å²) in [5, 5.41) is 15.5. The van der Waals surface area contributed by atoms with Crippen molar-refractivity contribution in [3.05, 3.63) is 24.3 Å². The van der Waals surface area contributed by atoms with Crippen molar-refractivity contribution in [3.63, 3.8) is 0 Å². The van der Waals surface area contributed by atoms with Crippen molar-refractivity contribution >= 4 is 42.0 Å². The monoisotopic (exact) mass is 546 g/mol. The van der Waals surface area contributed by atoms with Crippen LogP contribution in [0.5, 0.6) is 0 Å². The first-order valence-electron chi connectivity index (χ1n) is 11.3. The zero-order valence-corrected chi connectivity index (χ0v) is 24.4. The number of Topliss-reactive ketones (excluding diaryl/α,β-unsaturated/α-hetero) is 1. The van der Waals surface area contributed by atoms with E-state index in [9.17, 15) is 23.1 Å². The van der Waals surface area contributed by atoms with Crippen LogP contribution in [0, 0.1) is 0 Å². The normalized spacial score (nSPS) is 21.9. The second kappa shape index (κ2) is 10.1. The summed E-state index contributed by atoms with van der Waals surface area (Å²) < 4.78 is 36.0. The molecule has 12 heteroatoms. The second-order valence-electron chi connectivity index (χ2n) is 11.3. The number of thioether (sulfide) groups is 1. The molecule has 9 nitrogen and oxygen atoms in total. The van der Waals surface area contributed by atoms with Crippen LogP contribution < -0.4 is 5.14 Å². The summed E-state index contributed by atoms with van der Waals surface area (Å²) in [6.07, 6.45) is -0.703. The van der Waals surface area contributed by atoms with Gasteiger partial charge < -0.3 is 14.3 Å². The molecule has 0 bridgehead atoms. The van der Waals surface area contributed by atoms with Crippen LogP contribution in [0.2, 0.25) is 18.1 Å². The van der Waals surface area contributed by atoms with Crippen LogP contribution in [-0.4, -0.2) is 74.8 Å². The van der Waals surface area contributed by atoms with E-state index in [0.717, 1.165) is 11.8 Å². The molecule has 198 valence electrons. The van der Waals surface area contributed by atoms with Crippen LogP contribution in [0.3, 0.4) is 0 Å². The van der Waals surface area contributed by atoms with Crippen molar-refractivity contribution in [2.24, 2.45) is 5.14 Å². The lowest BCUT2D eigenvalue weighted by molar-refractivity contribution is -0.134. The van der Waals surface area contributed by atoms with Gasteiger partial charge in [0.15, 0.2) is 19.7 Å². The third-order valence-corrected chi connectivity index (χ3v) is 13.0. The van der Waals surface area contributed by atoms with Crippen LogP contribution in [0.4, 0.5) is 4.79 Å². The number of nitrogens with zero attached hydrogens (tertiary/aromatic N) is 1. The molecule has 0 radical (unpaired) electrons. The number of carbonyl (C=O) groups is 2. The Morgan fingerprint density at radius 3 is 2.29 bits per heavy atom. The molecule has 1 aromatic rings. The van der Waals surface area contributed by atoms with Gasteiger partial charge in [-0.15, -0.1) is 11.8 Å². The van der Waals surface area contributed by atoms with Gasteiger partial charge in [-0.25, -0.2) is 18.4 Å². The largest absolute Gasteiger partial charge is 0.444 e. The first-order chi connectivity index (χ1) is 15.7. The number of ether oxygens (including phenoxy) is 1. The number of sulfonamides is 1. The molecular weight excluding hydrogens is 508 g/mol. The number of hydrogen-bond acceptors (Lipinski definition) is 8. The first kappa shape index (κ1) is 29.8. The number of nitrogens with two attached hydrogens (primary N) is 1. The van der Waals surface area contributed by atoms with Crippen molar-refractivity contribution in [1.82, 2.24) is 4.90 Å². The quantitative estimate of drug-likeness (QED) is 0.392. The SMILES string of the molecule is CC(C)(C)OC(=O)N1C[C@](CO)(O[Si](C)(C)C(C)(C)C)C(=O)[C@H]1CSc1ccccc1S(N)(=O)=O. The van der Waals surface area contributed by atoms with Crippen LogP contribution in [-0.2, 0) is 24.0 Å². The molecule has 35 heavy (non-hydrogen) atoms. The second-order valence-corrected chi connectivity index (χ2v) is 18.6. The minimum absolute atomic E-state index is 0.0349. The summed E-state index contributed by atoms with van der Waals surface area (Å²) in [4.78, 5) is 28.5. The first-order valence-corrected chi connectivity index (χ1v) is 16.8. The number of amides is 1. The predicted molar refractivity (Wildman–Crippen MR) is 138 cm³/mol. The molecule has 1 fully saturated rings. The zero-order chi connectivity index (χ0) is 27.0. The molecule has 0 aromatic heterocycles. The molecule has 0 saturated carbocycles. The fourth-order valence-electron chi connectivity index (χ4n) is 3.44. The number of aliphatic hydroxyl groups is 1. The van der Waals surface area contributed by atoms with E-state index in [1.54, 1.807) is 39.0 Å². The van der Waals surface area contributed by atoms with Crippen molar-refractivity contribution in [2.45, 2.75) is 86.7 Å². The Balaban J connectivity index is 2.46. The average Bonchev–Trinajstić information content (AvgIpc) is 2.96. The van der Waals surface area contributed by atoms with Crippen LogP contribution >= 0.6 is 11.8 Å². The summed E-state index contributed by atoms with van der Waals surface area (Å²) in [6, 6.07) is 5.20. The van der Waals surface area contributed by atoms with Crippen LogP contribution in [0.15, 0.2) is 34.1 Å². The summed E-state index contributed by atoms with van der Waals surface area (Å²) >= 11 is 1.09. The lowest BCUT2D eigenvalue weighted by atomic mass is 10.0. The maximum absolute atomic E-state index is 13.8. The number of ketones is 1. The number of aliphatic hydroxyl groups excluding tert-OH is 1. The maximum atomic E-state index is 13.8. The third kappa shape index (κ3) is 6.86. The third-order valence-electron chi connectivity index (χ3n) is 6.25. The highest BCUT2D eigenvalue weighted by atomic mass is 32.2. The van der Waals surface area contributed by atoms with Gasteiger partial charge in [0.2, 0.25) is 10.0 Å². The van der Waals surface area contributed by atoms with E-state index in [-0.39, 0.29) is 22.2 Å². The Morgan fingerprint density at radius 1 is 1.23 bits per heavy atom. The van der Waals surface area contributed by atoms with E-state index >= 15 is 0 Å². The van der Waals surface area contributed by atoms with Crippen molar-refractivity contribution in [3.8, 4) is 0 Å². The molecule has 2 atom stereocenters. The lowest BCUT2D eigenvalue weighted by Gasteiger charge is -2.42. The smallest absolute Gasteiger partial charge is 0.411 e. The van der Waals surface area contributed by atoms with Crippen LogP contribution in [0.1, 0.15) is 41.5 Å². The summed E-state index contributed by atoms with van der Waals surface area (Å²) in [5.41, 5.74) is -2.40. The predicted octanol–water partition coefficient (Wildman–Crippen LogP) is 3.37. The van der Waals surface area contributed by atoms with Gasteiger partial charge in [-0.1, -0.05) is 32.9 Å². The molecule has 1 amide bonds. The Labute approximate surface area is 213 Å². The minimum atomic E-state index is -3.98. The maximum Gasteiger partial charge on any atom is 0.411 e. The van der Waals surface area contributed by atoms with E-state index in [1.807, 2.05) is 33.9 Å². The van der Waals surface area contributed by atoms with Gasteiger partial charge in [0.05, 0.1) is 18.0 Å². The molecule has 2 rings (SSSR count). The zero-order valence-electron chi connectivity index (χ0n) is 21.7.